The topological polar surface area (TPSA) is 49.8 Å². The molecule has 0 aromatic heterocycles. The minimum Gasteiger partial charge on any atom is -0.387 e. The fraction of sp³-hybridized carbons (Fsp3) is 0.316. The number of benzene rings is 2. The highest BCUT2D eigenvalue weighted by Gasteiger charge is 2.33. The van der Waals surface area contributed by atoms with Gasteiger partial charge in [0.1, 0.15) is 0 Å². The number of ether oxygens (including phenoxy) is 1. The third-order valence-corrected chi connectivity index (χ3v) is 4.20. The van der Waals surface area contributed by atoms with Crippen LogP contribution in [-0.4, -0.2) is 42.2 Å². The first-order valence-electron chi connectivity index (χ1n) is 7.92. The van der Waals surface area contributed by atoms with E-state index < -0.39 is 12.0 Å². The normalized spacial score (nSPS) is 17.5. The van der Waals surface area contributed by atoms with Crippen molar-refractivity contribution in [2.45, 2.75) is 12.0 Å². The number of carbonyl (C=O) groups excluding carboxylic acids is 1. The van der Waals surface area contributed by atoms with E-state index in [-0.39, 0.29) is 5.91 Å². The molecule has 2 unspecified atom stereocenters. The molecule has 0 saturated carbocycles. The van der Waals surface area contributed by atoms with Gasteiger partial charge in [-0.2, -0.15) is 0 Å². The molecule has 2 aromatic carbocycles. The van der Waals surface area contributed by atoms with Crippen LogP contribution < -0.4 is 0 Å². The van der Waals surface area contributed by atoms with Crippen LogP contribution in [0.25, 0.3) is 0 Å². The van der Waals surface area contributed by atoms with Crippen molar-refractivity contribution in [1.29, 1.82) is 0 Å². The Balaban J connectivity index is 1.92. The molecule has 1 saturated heterocycles. The molecule has 4 heteroatoms. The number of hydrogen-bond acceptors (Lipinski definition) is 3. The molecule has 0 aliphatic carbocycles. The molecular formula is C19H21NO3. The molecule has 0 spiro atoms. The van der Waals surface area contributed by atoms with Crippen molar-refractivity contribution in [3.05, 3.63) is 71.8 Å². The van der Waals surface area contributed by atoms with Gasteiger partial charge in [0.2, 0.25) is 5.91 Å². The lowest BCUT2D eigenvalue weighted by molar-refractivity contribution is -0.139. The van der Waals surface area contributed by atoms with Gasteiger partial charge in [0.05, 0.1) is 25.2 Å². The summed E-state index contributed by atoms with van der Waals surface area (Å²) in [7, 11) is 0. The summed E-state index contributed by atoms with van der Waals surface area (Å²) >= 11 is 0. The quantitative estimate of drug-likeness (QED) is 0.943. The Morgan fingerprint density at radius 3 is 2.00 bits per heavy atom. The van der Waals surface area contributed by atoms with Crippen LogP contribution in [0.4, 0.5) is 0 Å². The molecular weight excluding hydrogens is 290 g/mol. The smallest absolute Gasteiger partial charge is 0.233 e. The van der Waals surface area contributed by atoms with E-state index in [1.54, 1.807) is 4.90 Å². The first-order chi connectivity index (χ1) is 11.3. The highest BCUT2D eigenvalue weighted by Crippen LogP contribution is 2.32. The summed E-state index contributed by atoms with van der Waals surface area (Å²) < 4.78 is 5.32. The SMILES string of the molecule is O=C(C(c1ccccc1)C(O)c1ccccc1)N1CCOCC1. The van der Waals surface area contributed by atoms with Crippen LogP contribution in [0.5, 0.6) is 0 Å². The number of aliphatic hydroxyl groups excluding tert-OH is 1. The Morgan fingerprint density at radius 2 is 1.43 bits per heavy atom. The van der Waals surface area contributed by atoms with Crippen molar-refractivity contribution >= 4 is 5.91 Å². The van der Waals surface area contributed by atoms with E-state index in [2.05, 4.69) is 0 Å². The fourth-order valence-electron chi connectivity index (χ4n) is 2.94. The van der Waals surface area contributed by atoms with Gasteiger partial charge in [-0.3, -0.25) is 4.79 Å². The van der Waals surface area contributed by atoms with E-state index in [0.717, 1.165) is 11.1 Å². The zero-order valence-corrected chi connectivity index (χ0v) is 13.0. The van der Waals surface area contributed by atoms with E-state index in [1.165, 1.54) is 0 Å². The van der Waals surface area contributed by atoms with Crippen LogP contribution in [0.2, 0.25) is 0 Å². The van der Waals surface area contributed by atoms with Gasteiger partial charge < -0.3 is 14.7 Å². The molecule has 120 valence electrons. The second kappa shape index (κ2) is 7.40. The Bertz CT molecular complexity index is 624. The predicted octanol–water partition coefficient (Wildman–Crippen LogP) is 2.36. The zero-order valence-electron chi connectivity index (χ0n) is 13.0. The van der Waals surface area contributed by atoms with Gasteiger partial charge in [-0.15, -0.1) is 0 Å². The van der Waals surface area contributed by atoms with Crippen molar-refractivity contribution in [3.8, 4) is 0 Å². The first-order valence-corrected chi connectivity index (χ1v) is 7.92. The Hall–Kier alpha value is -2.17. The molecule has 2 atom stereocenters. The maximum atomic E-state index is 13.0. The maximum absolute atomic E-state index is 13.0. The number of amides is 1. The summed E-state index contributed by atoms with van der Waals surface area (Å²) in [6.45, 7) is 2.25. The molecule has 3 rings (SSSR count). The Labute approximate surface area is 136 Å². The van der Waals surface area contributed by atoms with Gasteiger partial charge in [-0.25, -0.2) is 0 Å². The summed E-state index contributed by atoms with van der Waals surface area (Å²) in [6.07, 6.45) is -0.867. The van der Waals surface area contributed by atoms with Crippen LogP contribution in [-0.2, 0) is 9.53 Å². The van der Waals surface area contributed by atoms with Crippen LogP contribution in [0.15, 0.2) is 60.7 Å². The van der Waals surface area contributed by atoms with Crippen LogP contribution in [0.3, 0.4) is 0 Å². The monoisotopic (exact) mass is 311 g/mol. The molecule has 23 heavy (non-hydrogen) atoms. The molecule has 0 radical (unpaired) electrons. The average molecular weight is 311 g/mol. The van der Waals surface area contributed by atoms with E-state index in [1.807, 2.05) is 60.7 Å². The van der Waals surface area contributed by atoms with Crippen molar-refractivity contribution in [3.63, 3.8) is 0 Å². The maximum Gasteiger partial charge on any atom is 0.233 e. The minimum absolute atomic E-state index is 0.0455. The molecule has 1 N–H and O–H groups in total. The number of rotatable bonds is 4. The Kier molecular flexibility index (Phi) is 5.05. The average Bonchev–Trinajstić information content (AvgIpc) is 2.64. The predicted molar refractivity (Wildman–Crippen MR) is 88.0 cm³/mol. The van der Waals surface area contributed by atoms with Gasteiger partial charge in [0, 0.05) is 13.1 Å². The van der Waals surface area contributed by atoms with E-state index in [4.69, 9.17) is 4.74 Å². The summed E-state index contributed by atoms with van der Waals surface area (Å²) in [5.74, 6) is -0.646. The third-order valence-electron chi connectivity index (χ3n) is 4.20. The largest absolute Gasteiger partial charge is 0.387 e. The van der Waals surface area contributed by atoms with Gasteiger partial charge in [0.15, 0.2) is 0 Å². The molecule has 2 aromatic rings. The summed E-state index contributed by atoms with van der Waals surface area (Å²) in [5, 5.41) is 10.9. The van der Waals surface area contributed by atoms with E-state index >= 15 is 0 Å². The van der Waals surface area contributed by atoms with Crippen LogP contribution in [0.1, 0.15) is 23.1 Å². The van der Waals surface area contributed by atoms with Crippen molar-refractivity contribution in [2.75, 3.05) is 26.3 Å². The number of aliphatic hydroxyl groups is 1. The molecule has 1 amide bonds. The van der Waals surface area contributed by atoms with Gasteiger partial charge in [0.25, 0.3) is 0 Å². The number of hydrogen-bond donors (Lipinski definition) is 1. The van der Waals surface area contributed by atoms with Crippen molar-refractivity contribution in [2.24, 2.45) is 0 Å². The van der Waals surface area contributed by atoms with E-state index in [0.29, 0.717) is 26.3 Å². The first kappa shape index (κ1) is 15.7. The van der Waals surface area contributed by atoms with Crippen molar-refractivity contribution < 1.29 is 14.6 Å². The fourth-order valence-corrected chi connectivity index (χ4v) is 2.94. The molecule has 4 nitrogen and oxygen atoms in total. The van der Waals surface area contributed by atoms with Crippen LogP contribution in [0, 0.1) is 0 Å². The standard InChI is InChI=1S/C19H21NO3/c21-18(16-9-5-2-6-10-16)17(15-7-3-1-4-8-15)19(22)20-11-13-23-14-12-20/h1-10,17-18,21H,11-14H2. The molecule has 1 aliphatic heterocycles. The zero-order chi connectivity index (χ0) is 16.1. The van der Waals surface area contributed by atoms with Crippen LogP contribution >= 0.6 is 0 Å². The molecule has 1 fully saturated rings. The van der Waals surface area contributed by atoms with Gasteiger partial charge in [-0.1, -0.05) is 60.7 Å². The highest BCUT2D eigenvalue weighted by atomic mass is 16.5. The lowest BCUT2D eigenvalue weighted by Gasteiger charge is -2.32. The van der Waals surface area contributed by atoms with Crippen molar-refractivity contribution in [1.82, 2.24) is 4.90 Å². The van der Waals surface area contributed by atoms with E-state index in [9.17, 15) is 9.90 Å². The lowest BCUT2D eigenvalue weighted by atomic mass is 9.88. The minimum atomic E-state index is -0.867. The molecule has 0 bridgehead atoms. The second-order valence-corrected chi connectivity index (χ2v) is 5.68. The Morgan fingerprint density at radius 1 is 0.913 bits per heavy atom. The summed E-state index contributed by atoms with van der Waals surface area (Å²) in [6, 6.07) is 18.9. The summed E-state index contributed by atoms with van der Waals surface area (Å²) in [5.41, 5.74) is 1.59. The lowest BCUT2D eigenvalue weighted by Crippen LogP contribution is -2.44. The summed E-state index contributed by atoms with van der Waals surface area (Å²) in [4.78, 5) is 14.8. The second-order valence-electron chi connectivity index (χ2n) is 5.68. The molecule has 1 aliphatic rings. The number of carbonyl (C=O) groups is 1. The molecule has 1 heterocycles. The highest BCUT2D eigenvalue weighted by molar-refractivity contribution is 5.84. The third kappa shape index (κ3) is 3.60. The number of morpholine rings is 1. The van der Waals surface area contributed by atoms with Gasteiger partial charge in [-0.05, 0) is 11.1 Å². The van der Waals surface area contributed by atoms with Gasteiger partial charge >= 0.3 is 0 Å². The number of nitrogens with zero attached hydrogens (tertiary/aromatic N) is 1.